The number of nitrogens with one attached hydrogen (secondary N) is 2. The van der Waals surface area contributed by atoms with Crippen LogP contribution < -0.4 is 9.44 Å². The zero-order chi connectivity index (χ0) is 42.8. The molecule has 0 aliphatic heterocycles. The molecule has 0 aromatic heterocycles. The van der Waals surface area contributed by atoms with Crippen molar-refractivity contribution in [2.75, 3.05) is 23.0 Å². The zero-order valence-corrected chi connectivity index (χ0v) is 38.6. The third-order valence-electron chi connectivity index (χ3n) is 9.51. The van der Waals surface area contributed by atoms with Gasteiger partial charge in [-0.05, 0) is 113 Å². The van der Waals surface area contributed by atoms with E-state index in [-0.39, 0.29) is 50.5 Å². The van der Waals surface area contributed by atoms with Crippen LogP contribution in [0.1, 0.15) is 35.1 Å². The summed E-state index contributed by atoms with van der Waals surface area (Å²) in [6, 6.07) is 32.8. The van der Waals surface area contributed by atoms with E-state index < -0.39 is 20.0 Å². The Morgan fingerprint density at radius 3 is 1.16 bits per heavy atom. The summed E-state index contributed by atoms with van der Waals surface area (Å²) in [5, 5.41) is 0. The van der Waals surface area contributed by atoms with Crippen molar-refractivity contribution in [1.29, 1.82) is 0 Å². The number of rotatable bonds is 22. The Hall–Kier alpha value is -2.74. The Balaban J connectivity index is 0.000000264. The van der Waals surface area contributed by atoms with E-state index in [1.807, 2.05) is 126 Å². The maximum absolute atomic E-state index is 12.9. The monoisotopic (exact) mass is 936 g/mol. The van der Waals surface area contributed by atoms with Crippen molar-refractivity contribution >= 4 is 55.1 Å². The number of aryl methyl sites for hydroxylation is 2. The molecule has 320 valence electrons. The standard InChI is InChI=1S/2C24H26NO3S2.Fe/c2*1-19-11-13-23(14-12-19)30(27,28)25-22(17-20-7-3-2-4-8-20)18-29-16-15-24(26)21-9-5-6-10-21;/h2*2-14,22,25H,15-18H2,1H3;/q;;+2/t2*22-;/m00./s1. The minimum absolute atomic E-state index is 0. The first-order valence-corrected chi connectivity index (χ1v) is 25.1. The second-order valence-corrected chi connectivity index (χ2v) is 20.2. The molecule has 4 aromatic rings. The van der Waals surface area contributed by atoms with E-state index in [1.54, 1.807) is 72.1 Å². The summed E-state index contributed by atoms with van der Waals surface area (Å²) in [6.45, 7) is 3.85. The molecule has 2 aliphatic carbocycles. The molecule has 0 saturated heterocycles. The van der Waals surface area contributed by atoms with Gasteiger partial charge in [-0.2, -0.15) is 23.5 Å². The van der Waals surface area contributed by atoms with Gasteiger partial charge >= 0.3 is 17.1 Å². The second-order valence-electron chi connectivity index (χ2n) is 14.5. The first kappa shape index (κ1) is 50.9. The van der Waals surface area contributed by atoms with Gasteiger partial charge in [0.15, 0.2) is 0 Å². The van der Waals surface area contributed by atoms with Crippen LogP contribution in [-0.4, -0.2) is 63.5 Å². The van der Waals surface area contributed by atoms with E-state index in [0.717, 1.165) is 34.1 Å². The second kappa shape index (κ2) is 26.1. The number of Topliss-reactive ketones (excluding diaryl/α,β-unsaturated/α-hetero) is 2. The van der Waals surface area contributed by atoms with Gasteiger partial charge < -0.3 is 0 Å². The molecule has 0 spiro atoms. The summed E-state index contributed by atoms with van der Waals surface area (Å²) in [4.78, 5) is 24.8. The fraction of sp³-hybridized carbons (Fsp3) is 0.250. The molecular formula is C48H52FeN2O6S4+2. The number of hydrogen-bond acceptors (Lipinski definition) is 8. The minimum atomic E-state index is -3.62. The molecule has 0 amide bonds. The fourth-order valence-electron chi connectivity index (χ4n) is 6.27. The molecule has 10 radical (unpaired) electrons. The Morgan fingerprint density at radius 2 is 0.836 bits per heavy atom. The van der Waals surface area contributed by atoms with Crippen LogP contribution in [0.3, 0.4) is 0 Å². The number of ketones is 2. The van der Waals surface area contributed by atoms with Crippen molar-refractivity contribution in [3.8, 4) is 0 Å². The van der Waals surface area contributed by atoms with Gasteiger partial charge in [-0.25, -0.2) is 26.3 Å². The van der Waals surface area contributed by atoms with Crippen LogP contribution >= 0.6 is 23.5 Å². The largest absolute Gasteiger partial charge is 2.00 e. The van der Waals surface area contributed by atoms with E-state index in [0.29, 0.717) is 48.7 Å². The van der Waals surface area contributed by atoms with Crippen LogP contribution in [-0.2, 0) is 59.5 Å². The Morgan fingerprint density at radius 1 is 0.508 bits per heavy atom. The Kier molecular flexibility index (Phi) is 21.8. The molecule has 13 heteroatoms. The van der Waals surface area contributed by atoms with E-state index in [9.17, 15) is 26.4 Å². The Labute approximate surface area is 384 Å². The number of benzene rings is 4. The van der Waals surface area contributed by atoms with Crippen LogP contribution in [0.2, 0.25) is 0 Å². The summed E-state index contributed by atoms with van der Waals surface area (Å²) < 4.78 is 57.2. The molecule has 0 heterocycles. The SMILES string of the molecule is Cc1ccc(S(=O)(=O)N[C@H](CSCCC(=O)[C]2[CH][CH][CH][CH]2)Cc2ccccc2)cc1.Cc1ccc(S(=O)(=O)N[C@H](CSCCC(=O)[C]2[CH][CH][CH][CH]2)Cc2ccccc2)cc1.[Fe+2]. The van der Waals surface area contributed by atoms with Gasteiger partial charge in [0.2, 0.25) is 20.0 Å². The third-order valence-corrected chi connectivity index (χ3v) is 14.8. The van der Waals surface area contributed by atoms with E-state index in [4.69, 9.17) is 0 Å². The van der Waals surface area contributed by atoms with Gasteiger partial charge in [0.05, 0.1) is 9.79 Å². The van der Waals surface area contributed by atoms with Crippen LogP contribution in [0.4, 0.5) is 0 Å². The number of sulfonamides is 2. The number of carbonyl (C=O) groups is 2. The Bertz CT molecular complexity index is 1970. The average molecular weight is 937 g/mol. The van der Waals surface area contributed by atoms with Crippen LogP contribution in [0.15, 0.2) is 119 Å². The predicted molar refractivity (Wildman–Crippen MR) is 246 cm³/mol. The summed E-state index contributed by atoms with van der Waals surface area (Å²) in [7, 11) is -7.23. The van der Waals surface area contributed by atoms with Crippen molar-refractivity contribution in [3.63, 3.8) is 0 Å². The fourth-order valence-corrected chi connectivity index (χ4v) is 10.9. The van der Waals surface area contributed by atoms with Gasteiger partial charge in [0.1, 0.15) is 11.6 Å². The summed E-state index contributed by atoms with van der Waals surface area (Å²) in [5.74, 6) is 4.19. The normalized spacial score (nSPS) is 15.6. The molecule has 2 N–H and O–H groups in total. The quantitative estimate of drug-likeness (QED) is 0.0601. The van der Waals surface area contributed by atoms with Gasteiger partial charge in [-0.15, -0.1) is 0 Å². The molecular weight excluding hydrogens is 885 g/mol. The van der Waals surface area contributed by atoms with Crippen molar-refractivity contribution in [1.82, 2.24) is 9.44 Å². The molecule has 0 unspecified atom stereocenters. The third kappa shape index (κ3) is 17.7. The molecule has 2 aliphatic rings. The van der Waals surface area contributed by atoms with Gasteiger partial charge in [0, 0.05) is 59.8 Å². The molecule has 2 fully saturated rings. The smallest absolute Gasteiger partial charge is 0.299 e. The van der Waals surface area contributed by atoms with Crippen molar-refractivity contribution < 1.29 is 43.5 Å². The van der Waals surface area contributed by atoms with Crippen LogP contribution in [0.25, 0.3) is 0 Å². The molecule has 4 aromatic carbocycles. The maximum Gasteiger partial charge on any atom is 2.00 e. The molecule has 2 saturated carbocycles. The molecule has 8 nitrogen and oxygen atoms in total. The molecule has 0 bridgehead atoms. The maximum atomic E-state index is 12.9. The number of hydrogen-bond donors (Lipinski definition) is 2. The van der Waals surface area contributed by atoms with Gasteiger partial charge in [-0.3, -0.25) is 9.59 Å². The topological polar surface area (TPSA) is 126 Å². The first-order valence-electron chi connectivity index (χ1n) is 19.8. The first-order chi connectivity index (χ1) is 28.9. The van der Waals surface area contributed by atoms with E-state index >= 15 is 0 Å². The molecule has 2 atom stereocenters. The van der Waals surface area contributed by atoms with Gasteiger partial charge in [0.25, 0.3) is 0 Å². The summed E-state index contributed by atoms with van der Waals surface area (Å²) >= 11 is 3.19. The van der Waals surface area contributed by atoms with Gasteiger partial charge in [-0.1, -0.05) is 96.1 Å². The summed E-state index contributed by atoms with van der Waals surface area (Å²) in [6.07, 6.45) is 16.8. The number of thioether (sulfide) groups is 2. The van der Waals surface area contributed by atoms with Crippen molar-refractivity contribution in [2.24, 2.45) is 0 Å². The van der Waals surface area contributed by atoms with Crippen LogP contribution in [0.5, 0.6) is 0 Å². The van der Waals surface area contributed by atoms with Crippen LogP contribution in [0, 0.1) is 77.0 Å². The minimum Gasteiger partial charge on any atom is -0.299 e. The molecule has 61 heavy (non-hydrogen) atoms. The van der Waals surface area contributed by atoms with E-state index in [2.05, 4.69) is 9.44 Å². The van der Waals surface area contributed by atoms with Crippen molar-refractivity contribution in [2.45, 2.75) is 61.4 Å². The predicted octanol–water partition coefficient (Wildman–Crippen LogP) is 7.96. The summed E-state index contributed by atoms with van der Waals surface area (Å²) in [5.41, 5.74) is 4.17. The van der Waals surface area contributed by atoms with E-state index in [1.165, 1.54) is 0 Å². The zero-order valence-electron chi connectivity index (χ0n) is 34.3. The van der Waals surface area contributed by atoms with Crippen molar-refractivity contribution in [3.05, 3.63) is 195 Å². The number of carbonyl (C=O) groups excluding carboxylic acids is 2. The molecule has 6 rings (SSSR count). The average Bonchev–Trinajstić information content (AvgIpc) is 3.99.